The summed E-state index contributed by atoms with van der Waals surface area (Å²) in [6.45, 7) is 0. The normalized spacial score (nSPS) is 12.4. The number of phenols is 1. The van der Waals surface area contributed by atoms with Crippen LogP contribution in [0.15, 0.2) is 71.1 Å². The van der Waals surface area contributed by atoms with Gasteiger partial charge in [0.2, 0.25) is 5.89 Å². The molecule has 1 heterocycles. The van der Waals surface area contributed by atoms with Crippen molar-refractivity contribution in [3.63, 3.8) is 0 Å². The largest absolute Gasteiger partial charge is 0.507 e. The van der Waals surface area contributed by atoms with E-state index in [1.54, 1.807) is 6.07 Å². The molecule has 1 aromatic heterocycles. The van der Waals surface area contributed by atoms with Gasteiger partial charge in [0.15, 0.2) is 0 Å². The van der Waals surface area contributed by atoms with E-state index >= 15 is 0 Å². The molecular formula is C20H17N3O2. The smallest absolute Gasteiger partial charge is 0.252 e. The van der Waals surface area contributed by atoms with Gasteiger partial charge in [-0.1, -0.05) is 60.7 Å². The number of rotatable bonds is 4. The van der Waals surface area contributed by atoms with Gasteiger partial charge in [0, 0.05) is 12.5 Å². The highest BCUT2D eigenvalue weighted by atomic mass is 16.4. The van der Waals surface area contributed by atoms with Crippen molar-refractivity contribution in [2.45, 2.75) is 12.5 Å². The first-order chi connectivity index (χ1) is 12.2. The molecule has 0 saturated carbocycles. The predicted molar refractivity (Wildman–Crippen MR) is 96.0 cm³/mol. The minimum absolute atomic E-state index is 0.112. The Labute approximate surface area is 144 Å². The van der Waals surface area contributed by atoms with Crippen LogP contribution in [0.1, 0.15) is 17.5 Å². The Balaban J connectivity index is 1.67. The molecule has 4 aromatic rings. The van der Waals surface area contributed by atoms with Crippen LogP contribution in [-0.4, -0.2) is 15.3 Å². The lowest BCUT2D eigenvalue weighted by Crippen LogP contribution is -2.13. The SMILES string of the molecule is NC(Cc1nnc(-c2c(O)ccc3ccccc23)o1)c1ccccc1. The van der Waals surface area contributed by atoms with Crippen LogP contribution in [0.3, 0.4) is 0 Å². The van der Waals surface area contributed by atoms with Crippen molar-refractivity contribution in [2.24, 2.45) is 5.73 Å². The van der Waals surface area contributed by atoms with Crippen molar-refractivity contribution >= 4 is 10.8 Å². The second-order valence-corrected chi connectivity index (χ2v) is 5.90. The van der Waals surface area contributed by atoms with Crippen LogP contribution in [-0.2, 0) is 6.42 Å². The van der Waals surface area contributed by atoms with Crippen molar-refractivity contribution in [3.05, 3.63) is 78.2 Å². The highest BCUT2D eigenvalue weighted by Crippen LogP contribution is 2.35. The van der Waals surface area contributed by atoms with E-state index < -0.39 is 0 Å². The summed E-state index contributed by atoms with van der Waals surface area (Å²) in [6.07, 6.45) is 0.433. The first-order valence-electron chi connectivity index (χ1n) is 8.06. The van der Waals surface area contributed by atoms with Crippen LogP contribution in [0, 0.1) is 0 Å². The lowest BCUT2D eigenvalue weighted by molar-refractivity contribution is 0.464. The van der Waals surface area contributed by atoms with E-state index in [-0.39, 0.29) is 11.8 Å². The fourth-order valence-corrected chi connectivity index (χ4v) is 2.93. The topological polar surface area (TPSA) is 85.2 Å². The molecule has 0 aliphatic carbocycles. The summed E-state index contributed by atoms with van der Waals surface area (Å²) in [5.41, 5.74) is 7.77. The van der Waals surface area contributed by atoms with E-state index in [0.717, 1.165) is 16.3 Å². The molecule has 0 fully saturated rings. The molecule has 1 atom stereocenters. The molecule has 0 radical (unpaired) electrons. The average molecular weight is 331 g/mol. The van der Waals surface area contributed by atoms with Crippen molar-refractivity contribution in [2.75, 3.05) is 0 Å². The molecule has 0 bridgehead atoms. The first kappa shape index (κ1) is 15.4. The Kier molecular flexibility index (Phi) is 3.91. The molecule has 1 unspecified atom stereocenters. The summed E-state index contributed by atoms with van der Waals surface area (Å²) < 4.78 is 5.79. The van der Waals surface area contributed by atoms with Crippen molar-refractivity contribution in [1.29, 1.82) is 0 Å². The first-order valence-corrected chi connectivity index (χ1v) is 8.06. The van der Waals surface area contributed by atoms with Crippen LogP contribution in [0.2, 0.25) is 0 Å². The van der Waals surface area contributed by atoms with E-state index in [4.69, 9.17) is 10.2 Å². The number of nitrogens with zero attached hydrogens (tertiary/aromatic N) is 2. The number of benzene rings is 3. The second-order valence-electron chi connectivity index (χ2n) is 5.90. The molecule has 25 heavy (non-hydrogen) atoms. The Morgan fingerprint density at radius 3 is 2.52 bits per heavy atom. The maximum atomic E-state index is 10.3. The van der Waals surface area contributed by atoms with Crippen LogP contribution < -0.4 is 5.73 Å². The van der Waals surface area contributed by atoms with Gasteiger partial charge in [-0.2, -0.15) is 0 Å². The van der Waals surface area contributed by atoms with Crippen molar-refractivity contribution < 1.29 is 9.52 Å². The van der Waals surface area contributed by atoms with Gasteiger partial charge in [0.05, 0.1) is 5.56 Å². The average Bonchev–Trinajstić information content (AvgIpc) is 3.10. The molecule has 0 saturated heterocycles. The van der Waals surface area contributed by atoms with Gasteiger partial charge in [-0.25, -0.2) is 0 Å². The van der Waals surface area contributed by atoms with E-state index in [0.29, 0.717) is 23.8 Å². The number of nitrogens with two attached hydrogens (primary N) is 1. The zero-order chi connectivity index (χ0) is 17.2. The molecule has 0 spiro atoms. The third kappa shape index (κ3) is 2.97. The molecule has 124 valence electrons. The lowest BCUT2D eigenvalue weighted by Gasteiger charge is -2.08. The highest BCUT2D eigenvalue weighted by Gasteiger charge is 2.18. The molecular weight excluding hydrogens is 314 g/mol. The van der Waals surface area contributed by atoms with E-state index in [9.17, 15) is 5.11 Å². The quantitative estimate of drug-likeness (QED) is 0.593. The summed E-state index contributed by atoms with van der Waals surface area (Å²) in [5, 5.41) is 20.4. The predicted octanol–water partition coefficient (Wildman–Crippen LogP) is 3.84. The molecule has 5 heteroatoms. The van der Waals surface area contributed by atoms with Gasteiger partial charge in [-0.3, -0.25) is 0 Å². The number of hydrogen-bond donors (Lipinski definition) is 2. The second kappa shape index (κ2) is 6.37. The minimum Gasteiger partial charge on any atom is -0.507 e. The van der Waals surface area contributed by atoms with Crippen LogP contribution in [0.5, 0.6) is 5.75 Å². The summed E-state index contributed by atoms with van der Waals surface area (Å²) in [4.78, 5) is 0. The molecule has 4 rings (SSSR count). The zero-order valence-electron chi connectivity index (χ0n) is 13.5. The maximum Gasteiger partial charge on any atom is 0.252 e. The van der Waals surface area contributed by atoms with Crippen LogP contribution in [0.25, 0.3) is 22.2 Å². The minimum atomic E-state index is -0.226. The van der Waals surface area contributed by atoms with Crippen molar-refractivity contribution in [1.82, 2.24) is 10.2 Å². The Bertz CT molecular complexity index is 1010. The summed E-state index contributed by atoms with van der Waals surface area (Å²) in [7, 11) is 0. The van der Waals surface area contributed by atoms with Crippen LogP contribution >= 0.6 is 0 Å². The molecule has 5 nitrogen and oxygen atoms in total. The third-order valence-corrected chi connectivity index (χ3v) is 4.21. The van der Waals surface area contributed by atoms with Gasteiger partial charge in [0.25, 0.3) is 5.89 Å². The third-order valence-electron chi connectivity index (χ3n) is 4.21. The Morgan fingerprint density at radius 1 is 0.920 bits per heavy atom. The fourth-order valence-electron chi connectivity index (χ4n) is 2.93. The van der Waals surface area contributed by atoms with E-state index in [1.807, 2.05) is 60.7 Å². The van der Waals surface area contributed by atoms with E-state index in [1.165, 1.54) is 0 Å². The molecule has 0 aliphatic rings. The van der Waals surface area contributed by atoms with Gasteiger partial charge < -0.3 is 15.3 Å². The van der Waals surface area contributed by atoms with Gasteiger partial charge in [-0.15, -0.1) is 10.2 Å². The summed E-state index contributed by atoms with van der Waals surface area (Å²) in [6, 6.07) is 20.8. The van der Waals surface area contributed by atoms with E-state index in [2.05, 4.69) is 10.2 Å². The lowest BCUT2D eigenvalue weighted by atomic mass is 10.0. The summed E-state index contributed by atoms with van der Waals surface area (Å²) in [5.74, 6) is 0.851. The van der Waals surface area contributed by atoms with Crippen LogP contribution in [0.4, 0.5) is 0 Å². The van der Waals surface area contributed by atoms with Crippen molar-refractivity contribution in [3.8, 4) is 17.2 Å². The number of aromatic hydroxyl groups is 1. The fraction of sp³-hybridized carbons (Fsp3) is 0.100. The molecule has 0 amide bonds. The zero-order valence-corrected chi connectivity index (χ0v) is 13.5. The van der Waals surface area contributed by atoms with Gasteiger partial charge >= 0.3 is 0 Å². The van der Waals surface area contributed by atoms with Gasteiger partial charge in [0.1, 0.15) is 5.75 Å². The monoisotopic (exact) mass is 331 g/mol. The summed E-state index contributed by atoms with van der Waals surface area (Å²) >= 11 is 0. The standard InChI is InChI=1S/C20H17N3O2/c21-16(14-7-2-1-3-8-14)12-18-22-23-20(25-18)19-15-9-5-4-6-13(15)10-11-17(19)24/h1-11,16,24H,12,21H2. The van der Waals surface area contributed by atoms with Gasteiger partial charge in [-0.05, 0) is 22.4 Å². The molecule has 3 aromatic carbocycles. The number of fused-ring (bicyclic) bond motifs is 1. The molecule has 0 aliphatic heterocycles. The number of aromatic nitrogens is 2. The number of phenolic OH excluding ortho intramolecular Hbond substituents is 1. The molecule has 3 N–H and O–H groups in total. The number of hydrogen-bond acceptors (Lipinski definition) is 5. The maximum absolute atomic E-state index is 10.3. The highest BCUT2D eigenvalue weighted by molar-refractivity contribution is 5.97. The Hall–Kier alpha value is -3.18. The Morgan fingerprint density at radius 2 is 1.68 bits per heavy atom.